The van der Waals surface area contributed by atoms with E-state index in [1.165, 1.54) is 32.4 Å². The number of aromatic nitrogens is 2. The zero-order valence-corrected chi connectivity index (χ0v) is 17.7. The maximum atomic E-state index is 12.7. The molecule has 1 aliphatic rings. The molecule has 1 aromatic carbocycles. The first-order chi connectivity index (χ1) is 14.1. The lowest BCUT2D eigenvalue weighted by atomic mass is 10.1. The highest BCUT2D eigenvalue weighted by Gasteiger charge is 2.22. The molecule has 2 amide bonds. The zero-order valence-electron chi connectivity index (χ0n) is 17.7. The second-order valence-corrected chi connectivity index (χ2v) is 7.93. The summed E-state index contributed by atoms with van der Waals surface area (Å²) in [7, 11) is 3.56. The van der Waals surface area contributed by atoms with Crippen LogP contribution in [0.25, 0.3) is 0 Å². The van der Waals surface area contributed by atoms with E-state index >= 15 is 0 Å². The highest BCUT2D eigenvalue weighted by molar-refractivity contribution is 5.74. The van der Waals surface area contributed by atoms with E-state index in [4.69, 9.17) is 4.74 Å². The van der Waals surface area contributed by atoms with Crippen LogP contribution in [0.5, 0.6) is 5.75 Å². The van der Waals surface area contributed by atoms with Gasteiger partial charge in [-0.3, -0.25) is 0 Å². The van der Waals surface area contributed by atoms with Crippen LogP contribution in [-0.2, 0) is 7.05 Å². The number of piperidine rings is 1. The van der Waals surface area contributed by atoms with E-state index in [1.54, 1.807) is 13.3 Å². The lowest BCUT2D eigenvalue weighted by Crippen LogP contribution is -2.43. The van der Waals surface area contributed by atoms with Gasteiger partial charge >= 0.3 is 6.03 Å². The topological polar surface area (TPSA) is 71.4 Å². The Kier molecular flexibility index (Phi) is 7.52. The van der Waals surface area contributed by atoms with Crippen molar-refractivity contribution in [3.8, 4) is 5.75 Å². The van der Waals surface area contributed by atoms with Crippen LogP contribution in [0.2, 0.25) is 0 Å². The van der Waals surface area contributed by atoms with Gasteiger partial charge in [0, 0.05) is 32.5 Å². The number of urea groups is 1. The largest absolute Gasteiger partial charge is 0.497 e. The third-order valence-electron chi connectivity index (χ3n) is 5.45. The molecule has 1 aromatic heterocycles. The molecule has 0 radical (unpaired) electrons. The number of amides is 2. The van der Waals surface area contributed by atoms with Crippen LogP contribution in [-0.4, -0.2) is 53.8 Å². The number of nitrogens with one attached hydrogen (secondary N) is 2. The fourth-order valence-electron chi connectivity index (χ4n) is 3.87. The number of likely N-dealkylation sites (tertiary alicyclic amines) is 1. The van der Waals surface area contributed by atoms with Gasteiger partial charge in [-0.2, -0.15) is 0 Å². The van der Waals surface area contributed by atoms with Crippen LogP contribution < -0.4 is 15.4 Å². The van der Waals surface area contributed by atoms with Gasteiger partial charge in [0.1, 0.15) is 17.6 Å². The number of ether oxygens (including phenoxy) is 1. The molecule has 1 saturated heterocycles. The van der Waals surface area contributed by atoms with E-state index in [0.29, 0.717) is 12.5 Å². The normalized spacial score (nSPS) is 16.8. The van der Waals surface area contributed by atoms with E-state index in [2.05, 4.69) is 27.4 Å². The molecule has 0 aliphatic carbocycles. The summed E-state index contributed by atoms with van der Waals surface area (Å²) < 4.78 is 7.27. The SMILES string of the molecule is COc1cccc(C(NC(=O)NCC(C)CN2CCCCC2)c2nccn2C)c1. The van der Waals surface area contributed by atoms with Gasteiger partial charge < -0.3 is 24.8 Å². The zero-order chi connectivity index (χ0) is 20.6. The number of hydrogen-bond acceptors (Lipinski definition) is 4. The Hall–Kier alpha value is -2.54. The Morgan fingerprint density at radius 1 is 1.28 bits per heavy atom. The predicted octanol–water partition coefficient (Wildman–Crippen LogP) is 2.94. The number of methoxy groups -OCH3 is 1. The molecule has 0 bridgehead atoms. The van der Waals surface area contributed by atoms with Gasteiger partial charge in [-0.25, -0.2) is 9.78 Å². The minimum absolute atomic E-state index is 0.189. The van der Waals surface area contributed by atoms with Crippen molar-refractivity contribution in [2.24, 2.45) is 13.0 Å². The van der Waals surface area contributed by atoms with Crippen LogP contribution >= 0.6 is 0 Å². The molecule has 0 spiro atoms. The summed E-state index contributed by atoms with van der Waals surface area (Å²) >= 11 is 0. The average molecular weight is 400 g/mol. The quantitative estimate of drug-likeness (QED) is 0.716. The fourth-order valence-corrected chi connectivity index (χ4v) is 3.87. The molecule has 158 valence electrons. The van der Waals surface area contributed by atoms with E-state index < -0.39 is 0 Å². The first-order valence-corrected chi connectivity index (χ1v) is 10.4. The highest BCUT2D eigenvalue weighted by Crippen LogP contribution is 2.24. The number of carbonyl (C=O) groups excluding carboxylic acids is 1. The number of imidazole rings is 1. The smallest absolute Gasteiger partial charge is 0.315 e. The number of hydrogen-bond donors (Lipinski definition) is 2. The molecule has 2 atom stereocenters. The first-order valence-electron chi connectivity index (χ1n) is 10.4. The lowest BCUT2D eigenvalue weighted by molar-refractivity contribution is 0.197. The molecule has 1 aliphatic heterocycles. The number of benzene rings is 1. The molecule has 7 heteroatoms. The number of aryl methyl sites for hydroxylation is 1. The van der Waals surface area contributed by atoms with Gasteiger partial charge in [-0.05, 0) is 49.5 Å². The number of carbonyl (C=O) groups is 1. The monoisotopic (exact) mass is 399 g/mol. The average Bonchev–Trinajstić information content (AvgIpc) is 3.17. The van der Waals surface area contributed by atoms with Gasteiger partial charge in [-0.15, -0.1) is 0 Å². The van der Waals surface area contributed by atoms with Gasteiger partial charge in [-0.1, -0.05) is 25.5 Å². The summed E-state index contributed by atoms with van der Waals surface area (Å²) in [6.07, 6.45) is 7.52. The van der Waals surface area contributed by atoms with E-state index in [9.17, 15) is 4.79 Å². The molecule has 2 unspecified atom stereocenters. The second kappa shape index (κ2) is 10.3. The minimum atomic E-state index is -0.359. The predicted molar refractivity (Wildman–Crippen MR) is 114 cm³/mol. The molecular formula is C22H33N5O2. The van der Waals surface area contributed by atoms with E-state index in [0.717, 1.165) is 23.7 Å². The molecule has 0 saturated carbocycles. The van der Waals surface area contributed by atoms with Gasteiger partial charge in [0.15, 0.2) is 0 Å². The van der Waals surface area contributed by atoms with Gasteiger partial charge in [0.05, 0.1) is 7.11 Å². The maximum Gasteiger partial charge on any atom is 0.315 e. The van der Waals surface area contributed by atoms with Crippen molar-refractivity contribution in [3.63, 3.8) is 0 Å². The third kappa shape index (κ3) is 5.97. The summed E-state index contributed by atoms with van der Waals surface area (Å²) in [5.74, 6) is 1.93. The molecule has 3 rings (SSSR count). The summed E-state index contributed by atoms with van der Waals surface area (Å²) in [5.41, 5.74) is 0.926. The van der Waals surface area contributed by atoms with Crippen molar-refractivity contribution < 1.29 is 9.53 Å². The fraction of sp³-hybridized carbons (Fsp3) is 0.545. The van der Waals surface area contributed by atoms with E-state index in [1.807, 2.05) is 42.1 Å². The summed E-state index contributed by atoms with van der Waals surface area (Å²) in [6, 6.07) is 7.17. The maximum absolute atomic E-state index is 12.7. The van der Waals surface area contributed by atoms with Crippen molar-refractivity contribution in [1.29, 1.82) is 0 Å². The van der Waals surface area contributed by atoms with Crippen molar-refractivity contribution in [3.05, 3.63) is 48.0 Å². The van der Waals surface area contributed by atoms with Crippen LogP contribution in [0.3, 0.4) is 0 Å². The summed E-state index contributed by atoms with van der Waals surface area (Å²) in [4.78, 5) is 19.6. The molecule has 7 nitrogen and oxygen atoms in total. The van der Waals surface area contributed by atoms with Crippen molar-refractivity contribution >= 4 is 6.03 Å². The minimum Gasteiger partial charge on any atom is -0.497 e. The molecule has 1 fully saturated rings. The van der Waals surface area contributed by atoms with Crippen molar-refractivity contribution in [1.82, 2.24) is 25.1 Å². The van der Waals surface area contributed by atoms with Crippen molar-refractivity contribution in [2.75, 3.05) is 33.3 Å². The first kappa shape index (κ1) is 21.2. The van der Waals surface area contributed by atoms with Crippen LogP contribution in [0.1, 0.15) is 43.6 Å². The lowest BCUT2D eigenvalue weighted by Gasteiger charge is -2.29. The Labute approximate surface area is 173 Å². The molecular weight excluding hydrogens is 366 g/mol. The number of nitrogens with zero attached hydrogens (tertiary/aromatic N) is 3. The van der Waals surface area contributed by atoms with Crippen molar-refractivity contribution in [2.45, 2.75) is 32.2 Å². The van der Waals surface area contributed by atoms with Crippen LogP contribution in [0, 0.1) is 5.92 Å². The van der Waals surface area contributed by atoms with E-state index in [-0.39, 0.29) is 12.1 Å². The van der Waals surface area contributed by atoms with Crippen LogP contribution in [0.15, 0.2) is 36.7 Å². The Bertz CT molecular complexity index is 785. The molecule has 2 heterocycles. The highest BCUT2D eigenvalue weighted by atomic mass is 16.5. The van der Waals surface area contributed by atoms with Gasteiger partial charge in [0.25, 0.3) is 0 Å². The van der Waals surface area contributed by atoms with Crippen LogP contribution in [0.4, 0.5) is 4.79 Å². The molecule has 29 heavy (non-hydrogen) atoms. The van der Waals surface area contributed by atoms with Gasteiger partial charge in [0.2, 0.25) is 0 Å². The molecule has 2 N–H and O–H groups in total. The standard InChI is InChI=1S/C22H33N5O2/c1-17(16-27-11-5-4-6-12-27)15-24-22(28)25-20(21-23-10-13-26(21)2)18-8-7-9-19(14-18)29-3/h7-10,13-14,17,20H,4-6,11-12,15-16H2,1-3H3,(H2,24,25,28). The number of rotatable bonds is 8. The Balaban J connectivity index is 1.61. The Morgan fingerprint density at radius 2 is 2.07 bits per heavy atom. The Morgan fingerprint density at radius 3 is 2.76 bits per heavy atom. The summed E-state index contributed by atoms with van der Waals surface area (Å²) in [6.45, 7) is 6.21. The second-order valence-electron chi connectivity index (χ2n) is 7.93. The third-order valence-corrected chi connectivity index (χ3v) is 5.45. The summed E-state index contributed by atoms with van der Waals surface area (Å²) in [5, 5.41) is 6.12. The molecule has 2 aromatic rings.